The molecule has 0 spiro atoms. The van der Waals surface area contributed by atoms with Gasteiger partial charge in [-0.15, -0.1) is 0 Å². The van der Waals surface area contributed by atoms with Crippen LogP contribution in [0.5, 0.6) is 0 Å². The molecule has 0 aliphatic carbocycles. The molecule has 0 aliphatic rings. The van der Waals surface area contributed by atoms with Crippen molar-refractivity contribution < 1.29 is 5.11 Å². The zero-order valence-electron chi connectivity index (χ0n) is 11.5. The van der Waals surface area contributed by atoms with E-state index < -0.39 is 0 Å². The molecule has 0 saturated carbocycles. The monoisotopic (exact) mass is 235 g/mol. The highest BCUT2D eigenvalue weighted by atomic mass is 16.3. The van der Waals surface area contributed by atoms with Gasteiger partial charge in [-0.3, -0.25) is 0 Å². The van der Waals surface area contributed by atoms with Crippen molar-refractivity contribution in [3.8, 4) is 0 Å². The van der Waals surface area contributed by atoms with Gasteiger partial charge in [0, 0.05) is 6.54 Å². The third-order valence-corrected chi connectivity index (χ3v) is 3.29. The summed E-state index contributed by atoms with van der Waals surface area (Å²) in [5.74, 6) is 0. The number of benzene rings is 1. The zero-order chi connectivity index (χ0) is 12.8. The molecular formula is C15H25NO. The molecule has 0 aromatic heterocycles. The lowest BCUT2D eigenvalue weighted by atomic mass is 10.0. The lowest BCUT2D eigenvalue weighted by Gasteiger charge is -2.21. The molecule has 2 nitrogen and oxygen atoms in total. The Balaban J connectivity index is 2.57. The summed E-state index contributed by atoms with van der Waals surface area (Å²) < 4.78 is 0. The summed E-state index contributed by atoms with van der Waals surface area (Å²) in [7, 11) is 2.07. The van der Waals surface area contributed by atoms with E-state index in [2.05, 4.69) is 44.9 Å². The Morgan fingerprint density at radius 2 is 1.94 bits per heavy atom. The topological polar surface area (TPSA) is 23.5 Å². The average molecular weight is 235 g/mol. The maximum Gasteiger partial charge on any atom is 0.0916 e. The highest BCUT2D eigenvalue weighted by Gasteiger charge is 2.10. The number of likely N-dealkylation sites (N-methyl/N-ethyl adjacent to an activating group) is 1. The van der Waals surface area contributed by atoms with Crippen molar-refractivity contribution in [2.24, 2.45) is 0 Å². The number of unbranched alkanes of at least 4 members (excludes halogenated alkanes) is 1. The van der Waals surface area contributed by atoms with Gasteiger partial charge < -0.3 is 10.0 Å². The molecule has 1 N–H and O–H groups in total. The summed E-state index contributed by atoms with van der Waals surface area (Å²) in [6, 6.07) is 6.20. The van der Waals surface area contributed by atoms with E-state index in [1.807, 2.05) is 6.07 Å². The molecule has 0 fully saturated rings. The third kappa shape index (κ3) is 4.49. The Kier molecular flexibility index (Phi) is 5.66. The van der Waals surface area contributed by atoms with Gasteiger partial charge in [-0.25, -0.2) is 0 Å². The van der Waals surface area contributed by atoms with Crippen LogP contribution in [0.15, 0.2) is 18.2 Å². The number of aliphatic hydroxyl groups is 1. The summed E-state index contributed by atoms with van der Waals surface area (Å²) >= 11 is 0. The predicted molar refractivity (Wildman–Crippen MR) is 73.3 cm³/mol. The van der Waals surface area contributed by atoms with Crippen LogP contribution in [-0.4, -0.2) is 30.1 Å². The van der Waals surface area contributed by atoms with Crippen molar-refractivity contribution in [1.82, 2.24) is 4.90 Å². The second kappa shape index (κ2) is 6.77. The van der Waals surface area contributed by atoms with Crippen molar-refractivity contribution >= 4 is 0 Å². The molecule has 1 rings (SSSR count). The lowest BCUT2D eigenvalue weighted by Crippen LogP contribution is -2.25. The fourth-order valence-electron chi connectivity index (χ4n) is 1.89. The van der Waals surface area contributed by atoms with Gasteiger partial charge in [0.25, 0.3) is 0 Å². The number of nitrogens with zero attached hydrogens (tertiary/aromatic N) is 1. The second-order valence-corrected chi connectivity index (χ2v) is 4.98. The molecule has 17 heavy (non-hydrogen) atoms. The van der Waals surface area contributed by atoms with Gasteiger partial charge in [-0.1, -0.05) is 31.5 Å². The SMILES string of the molecule is CCCCN(C)CC(O)c1ccc(C)c(C)c1. The molecule has 1 unspecified atom stereocenters. The minimum Gasteiger partial charge on any atom is -0.387 e. The maximum absolute atomic E-state index is 10.2. The molecule has 0 radical (unpaired) electrons. The number of aryl methyl sites for hydroxylation is 2. The highest BCUT2D eigenvalue weighted by molar-refractivity contribution is 5.31. The molecule has 0 heterocycles. The van der Waals surface area contributed by atoms with E-state index in [9.17, 15) is 5.11 Å². The zero-order valence-corrected chi connectivity index (χ0v) is 11.5. The Labute approximate surface area is 105 Å². The largest absolute Gasteiger partial charge is 0.387 e. The van der Waals surface area contributed by atoms with Crippen molar-refractivity contribution in [2.75, 3.05) is 20.1 Å². The number of hydrogen-bond acceptors (Lipinski definition) is 2. The van der Waals surface area contributed by atoms with E-state index in [4.69, 9.17) is 0 Å². The van der Waals surface area contributed by atoms with Crippen LogP contribution >= 0.6 is 0 Å². The molecule has 0 aliphatic heterocycles. The van der Waals surface area contributed by atoms with Crippen molar-refractivity contribution in [2.45, 2.75) is 39.7 Å². The predicted octanol–water partition coefficient (Wildman–Crippen LogP) is 3.07. The van der Waals surface area contributed by atoms with Crippen LogP contribution in [-0.2, 0) is 0 Å². The molecule has 96 valence electrons. The quantitative estimate of drug-likeness (QED) is 0.819. The normalized spacial score (nSPS) is 13.1. The molecular weight excluding hydrogens is 210 g/mol. The van der Waals surface area contributed by atoms with Crippen LogP contribution in [0, 0.1) is 13.8 Å². The summed E-state index contributed by atoms with van der Waals surface area (Å²) in [5, 5.41) is 10.2. The van der Waals surface area contributed by atoms with Gasteiger partial charge >= 0.3 is 0 Å². The van der Waals surface area contributed by atoms with Crippen molar-refractivity contribution in [1.29, 1.82) is 0 Å². The number of hydrogen-bond donors (Lipinski definition) is 1. The Bertz CT molecular complexity index is 349. The molecule has 0 saturated heterocycles. The van der Waals surface area contributed by atoms with E-state index in [0.717, 1.165) is 12.1 Å². The van der Waals surface area contributed by atoms with Crippen LogP contribution in [0.2, 0.25) is 0 Å². The fourth-order valence-corrected chi connectivity index (χ4v) is 1.89. The first-order valence-electron chi connectivity index (χ1n) is 6.48. The van der Waals surface area contributed by atoms with Gasteiger partial charge in [0.05, 0.1) is 6.10 Å². The molecule has 1 atom stereocenters. The Morgan fingerprint density at radius 1 is 1.24 bits per heavy atom. The number of rotatable bonds is 6. The first-order valence-corrected chi connectivity index (χ1v) is 6.48. The molecule has 0 amide bonds. The maximum atomic E-state index is 10.2. The minimum atomic E-state index is -0.379. The second-order valence-electron chi connectivity index (χ2n) is 4.98. The highest BCUT2D eigenvalue weighted by Crippen LogP contribution is 2.17. The molecule has 0 bridgehead atoms. The average Bonchev–Trinajstić information content (AvgIpc) is 2.30. The Hall–Kier alpha value is -0.860. The van der Waals surface area contributed by atoms with Crippen LogP contribution in [0.25, 0.3) is 0 Å². The fraction of sp³-hybridized carbons (Fsp3) is 0.600. The third-order valence-electron chi connectivity index (χ3n) is 3.29. The number of aliphatic hydroxyl groups excluding tert-OH is 1. The van der Waals surface area contributed by atoms with E-state index in [1.54, 1.807) is 0 Å². The van der Waals surface area contributed by atoms with E-state index in [-0.39, 0.29) is 6.10 Å². The van der Waals surface area contributed by atoms with Crippen LogP contribution in [0.3, 0.4) is 0 Å². The lowest BCUT2D eigenvalue weighted by molar-refractivity contribution is 0.126. The van der Waals surface area contributed by atoms with Gasteiger partial charge in [0.15, 0.2) is 0 Å². The first kappa shape index (κ1) is 14.2. The first-order chi connectivity index (χ1) is 8.04. The van der Waals surface area contributed by atoms with Gasteiger partial charge in [-0.2, -0.15) is 0 Å². The summed E-state index contributed by atoms with van der Waals surface area (Å²) in [4.78, 5) is 2.20. The Morgan fingerprint density at radius 3 is 2.53 bits per heavy atom. The molecule has 2 heteroatoms. The van der Waals surface area contributed by atoms with Crippen molar-refractivity contribution in [3.05, 3.63) is 34.9 Å². The van der Waals surface area contributed by atoms with Gasteiger partial charge in [0.1, 0.15) is 0 Å². The van der Waals surface area contributed by atoms with Crippen molar-refractivity contribution in [3.63, 3.8) is 0 Å². The summed E-state index contributed by atoms with van der Waals surface area (Å²) in [6.07, 6.45) is 2.01. The van der Waals surface area contributed by atoms with E-state index in [1.165, 1.54) is 24.0 Å². The van der Waals surface area contributed by atoms with E-state index in [0.29, 0.717) is 6.54 Å². The molecule has 1 aromatic carbocycles. The standard InChI is InChI=1S/C15H25NO/c1-5-6-9-16(4)11-15(17)14-8-7-12(2)13(3)10-14/h7-8,10,15,17H,5-6,9,11H2,1-4H3. The van der Waals surface area contributed by atoms with Crippen LogP contribution in [0.1, 0.15) is 42.6 Å². The van der Waals surface area contributed by atoms with Gasteiger partial charge in [0.2, 0.25) is 0 Å². The molecule has 1 aromatic rings. The summed E-state index contributed by atoms with van der Waals surface area (Å²) in [6.45, 7) is 8.14. The van der Waals surface area contributed by atoms with Gasteiger partial charge in [-0.05, 0) is 50.6 Å². The van der Waals surface area contributed by atoms with E-state index >= 15 is 0 Å². The minimum absolute atomic E-state index is 0.379. The smallest absolute Gasteiger partial charge is 0.0916 e. The van der Waals surface area contributed by atoms with Crippen LogP contribution < -0.4 is 0 Å². The van der Waals surface area contributed by atoms with Crippen LogP contribution in [0.4, 0.5) is 0 Å². The summed E-state index contributed by atoms with van der Waals surface area (Å²) in [5.41, 5.74) is 3.55.